The van der Waals surface area contributed by atoms with Gasteiger partial charge in [0.2, 0.25) is 0 Å². The average Bonchev–Trinajstić information content (AvgIpc) is 3.14. The predicted octanol–water partition coefficient (Wildman–Crippen LogP) is 3.72. The first-order valence-corrected chi connectivity index (χ1v) is 9.50. The van der Waals surface area contributed by atoms with E-state index in [2.05, 4.69) is 51.1 Å². The Balaban J connectivity index is 0.00000300. The summed E-state index contributed by atoms with van der Waals surface area (Å²) >= 11 is 0. The number of nitrogens with zero attached hydrogens (tertiary/aromatic N) is 1. The van der Waals surface area contributed by atoms with E-state index in [1.165, 1.54) is 16.5 Å². The number of rotatable bonds is 9. The van der Waals surface area contributed by atoms with Crippen molar-refractivity contribution in [2.45, 2.75) is 13.0 Å². The van der Waals surface area contributed by atoms with E-state index in [1.54, 1.807) is 14.2 Å². The zero-order valence-corrected chi connectivity index (χ0v) is 19.2. The monoisotopic (exact) mass is 508 g/mol. The molecule has 0 aliphatic heterocycles. The van der Waals surface area contributed by atoms with E-state index >= 15 is 0 Å². The number of halogens is 1. The molecule has 1 aromatic heterocycles. The summed E-state index contributed by atoms with van der Waals surface area (Å²) in [6.07, 6.45) is 3.01. The second-order valence-electron chi connectivity index (χ2n) is 6.45. The topological polar surface area (TPSA) is 70.7 Å². The molecule has 0 radical (unpaired) electrons. The van der Waals surface area contributed by atoms with Crippen LogP contribution in [-0.2, 0) is 17.7 Å². The highest BCUT2D eigenvalue weighted by Gasteiger charge is 2.04. The Morgan fingerprint density at radius 1 is 1.07 bits per heavy atom. The first-order valence-electron chi connectivity index (χ1n) is 9.50. The Labute approximate surface area is 189 Å². The van der Waals surface area contributed by atoms with Gasteiger partial charge in [-0.3, -0.25) is 4.99 Å². The maximum atomic E-state index is 5.66. The summed E-state index contributed by atoms with van der Waals surface area (Å²) in [5.41, 5.74) is 3.61. The van der Waals surface area contributed by atoms with Gasteiger partial charge in [-0.05, 0) is 35.7 Å². The number of para-hydroxylation sites is 1. The Morgan fingerprint density at radius 3 is 2.76 bits per heavy atom. The number of benzene rings is 2. The minimum Gasteiger partial charge on any atom is -0.491 e. The Kier molecular flexibility index (Phi) is 9.79. The van der Waals surface area contributed by atoms with Crippen molar-refractivity contribution in [3.63, 3.8) is 0 Å². The molecule has 0 unspecified atom stereocenters. The lowest BCUT2D eigenvalue weighted by molar-refractivity contribution is 0.146. The first-order chi connectivity index (χ1) is 13.8. The molecule has 0 spiro atoms. The van der Waals surface area contributed by atoms with Gasteiger partial charge in [0, 0.05) is 44.3 Å². The molecule has 0 bridgehead atoms. The van der Waals surface area contributed by atoms with Crippen LogP contribution in [0.2, 0.25) is 0 Å². The number of guanidine groups is 1. The van der Waals surface area contributed by atoms with Gasteiger partial charge in [-0.25, -0.2) is 0 Å². The van der Waals surface area contributed by atoms with Crippen LogP contribution in [0, 0.1) is 0 Å². The molecule has 2 aromatic carbocycles. The van der Waals surface area contributed by atoms with Crippen LogP contribution in [0.1, 0.15) is 11.1 Å². The highest BCUT2D eigenvalue weighted by molar-refractivity contribution is 14.0. The van der Waals surface area contributed by atoms with Crippen molar-refractivity contribution in [3.05, 3.63) is 65.9 Å². The van der Waals surface area contributed by atoms with Crippen LogP contribution < -0.4 is 15.4 Å². The molecular formula is C22H29IN4O2. The predicted molar refractivity (Wildman–Crippen MR) is 129 cm³/mol. The summed E-state index contributed by atoms with van der Waals surface area (Å²) < 4.78 is 10.7. The largest absolute Gasteiger partial charge is 0.491 e. The quantitative estimate of drug-likeness (QED) is 0.178. The van der Waals surface area contributed by atoms with E-state index in [0.717, 1.165) is 30.2 Å². The molecule has 0 fully saturated rings. The molecule has 0 aliphatic carbocycles. The molecule has 156 valence electrons. The number of aromatic amines is 1. The van der Waals surface area contributed by atoms with E-state index in [0.29, 0.717) is 19.8 Å². The van der Waals surface area contributed by atoms with Gasteiger partial charge in [0.1, 0.15) is 12.4 Å². The zero-order valence-electron chi connectivity index (χ0n) is 16.9. The van der Waals surface area contributed by atoms with Gasteiger partial charge in [-0.1, -0.05) is 30.3 Å². The summed E-state index contributed by atoms with van der Waals surface area (Å²) in [4.78, 5) is 7.62. The summed E-state index contributed by atoms with van der Waals surface area (Å²) in [6, 6.07) is 16.4. The lowest BCUT2D eigenvalue weighted by Gasteiger charge is -2.13. The summed E-state index contributed by atoms with van der Waals surface area (Å²) in [7, 11) is 3.45. The number of methoxy groups -OCH3 is 1. The molecule has 29 heavy (non-hydrogen) atoms. The number of ether oxygens (including phenoxy) is 2. The highest BCUT2D eigenvalue weighted by atomic mass is 127. The fraction of sp³-hybridized carbons (Fsp3) is 0.318. The molecule has 0 aliphatic rings. The van der Waals surface area contributed by atoms with Gasteiger partial charge in [0.05, 0.1) is 6.61 Å². The molecular weight excluding hydrogens is 479 g/mol. The molecule has 0 saturated carbocycles. The number of nitrogens with one attached hydrogen (secondary N) is 3. The van der Waals surface area contributed by atoms with E-state index in [4.69, 9.17) is 9.47 Å². The third-order valence-corrected chi connectivity index (χ3v) is 4.50. The van der Waals surface area contributed by atoms with E-state index in [9.17, 15) is 0 Å². The zero-order chi connectivity index (χ0) is 19.6. The summed E-state index contributed by atoms with van der Waals surface area (Å²) in [5, 5.41) is 8.00. The first kappa shape index (κ1) is 23.0. The number of fused-ring (bicyclic) bond motifs is 1. The van der Waals surface area contributed by atoms with Crippen molar-refractivity contribution < 1.29 is 9.47 Å². The van der Waals surface area contributed by atoms with Gasteiger partial charge in [0.25, 0.3) is 0 Å². The normalized spacial score (nSPS) is 11.2. The number of hydrogen-bond acceptors (Lipinski definition) is 3. The van der Waals surface area contributed by atoms with E-state index in [-0.39, 0.29) is 24.0 Å². The minimum atomic E-state index is 0. The second kappa shape index (κ2) is 12.3. The molecule has 3 N–H and O–H groups in total. The molecule has 6 nitrogen and oxygen atoms in total. The Hall–Kier alpha value is -2.26. The van der Waals surface area contributed by atoms with Crippen molar-refractivity contribution in [1.29, 1.82) is 0 Å². The number of H-pyrrole nitrogens is 1. The maximum Gasteiger partial charge on any atom is 0.191 e. The smallest absolute Gasteiger partial charge is 0.191 e. The second-order valence-corrected chi connectivity index (χ2v) is 6.45. The lowest BCUT2D eigenvalue weighted by atomic mass is 10.1. The highest BCUT2D eigenvalue weighted by Crippen LogP contribution is 2.17. The molecule has 7 heteroatoms. The van der Waals surface area contributed by atoms with Crippen molar-refractivity contribution in [2.75, 3.05) is 33.9 Å². The summed E-state index contributed by atoms with van der Waals surface area (Å²) in [5.74, 6) is 1.63. The Bertz CT molecular complexity index is 910. The van der Waals surface area contributed by atoms with Crippen LogP contribution in [0.4, 0.5) is 0 Å². The molecule has 3 rings (SSSR count). The van der Waals surface area contributed by atoms with E-state index < -0.39 is 0 Å². The van der Waals surface area contributed by atoms with E-state index in [1.807, 2.05) is 24.3 Å². The average molecular weight is 508 g/mol. The minimum absolute atomic E-state index is 0. The van der Waals surface area contributed by atoms with Crippen LogP contribution in [0.3, 0.4) is 0 Å². The van der Waals surface area contributed by atoms with Gasteiger partial charge in [-0.2, -0.15) is 0 Å². The van der Waals surface area contributed by atoms with Crippen LogP contribution >= 0.6 is 24.0 Å². The SMILES string of the molecule is CN=C(NCCc1c[nH]c2ccccc12)NCc1cccc(OCCOC)c1.I. The fourth-order valence-electron chi connectivity index (χ4n) is 3.05. The van der Waals surface area contributed by atoms with Crippen molar-refractivity contribution in [1.82, 2.24) is 15.6 Å². The van der Waals surface area contributed by atoms with Gasteiger partial charge in [0.15, 0.2) is 5.96 Å². The Morgan fingerprint density at radius 2 is 1.93 bits per heavy atom. The van der Waals surface area contributed by atoms with Gasteiger partial charge < -0.3 is 25.1 Å². The third kappa shape index (κ3) is 6.93. The van der Waals surface area contributed by atoms with Crippen LogP contribution in [0.25, 0.3) is 10.9 Å². The van der Waals surface area contributed by atoms with Crippen LogP contribution in [0.15, 0.2) is 59.7 Å². The number of aromatic nitrogens is 1. The molecule has 1 heterocycles. The molecule has 0 saturated heterocycles. The number of hydrogen-bond donors (Lipinski definition) is 3. The number of aliphatic imine (C=N–C) groups is 1. The fourth-order valence-corrected chi connectivity index (χ4v) is 3.05. The standard InChI is InChI=1S/C22H28N4O2.HI/c1-23-22(24-11-10-18-16-25-21-9-4-3-8-20(18)21)26-15-17-6-5-7-19(14-17)28-13-12-27-2;/h3-9,14,16,25H,10-13,15H2,1-2H3,(H2,23,24,26);1H. The van der Waals surface area contributed by atoms with Gasteiger partial charge in [-0.15, -0.1) is 24.0 Å². The van der Waals surface area contributed by atoms with Crippen molar-refractivity contribution in [2.24, 2.45) is 4.99 Å². The maximum absolute atomic E-state index is 5.66. The lowest BCUT2D eigenvalue weighted by Crippen LogP contribution is -2.37. The van der Waals surface area contributed by atoms with Crippen molar-refractivity contribution >= 4 is 40.8 Å². The third-order valence-electron chi connectivity index (χ3n) is 4.50. The molecule has 3 aromatic rings. The molecule has 0 atom stereocenters. The molecule has 0 amide bonds. The van der Waals surface area contributed by atoms with Crippen LogP contribution in [0.5, 0.6) is 5.75 Å². The van der Waals surface area contributed by atoms with Gasteiger partial charge >= 0.3 is 0 Å². The summed E-state index contributed by atoms with van der Waals surface area (Å²) in [6.45, 7) is 2.61. The van der Waals surface area contributed by atoms with Crippen molar-refractivity contribution in [3.8, 4) is 5.75 Å². The van der Waals surface area contributed by atoms with Crippen LogP contribution in [-0.4, -0.2) is 44.9 Å².